The third-order valence-electron chi connectivity index (χ3n) is 1.14. The van der Waals surface area contributed by atoms with Crippen LogP contribution in [0, 0.1) is 6.92 Å². The van der Waals surface area contributed by atoms with Crippen LogP contribution >= 0.6 is 12.6 Å². The Morgan fingerprint density at radius 1 is 1.50 bits per heavy atom. The predicted molar refractivity (Wildman–Crippen MR) is 40.9 cm³/mol. The number of aromatic nitrogens is 4. The van der Waals surface area contributed by atoms with Crippen molar-refractivity contribution in [3.05, 3.63) is 5.82 Å². The number of tetrazole rings is 1. The minimum absolute atomic E-state index is 0.312. The summed E-state index contributed by atoms with van der Waals surface area (Å²) in [7, 11) is 0. The molecule has 0 aliphatic heterocycles. The van der Waals surface area contributed by atoms with E-state index < -0.39 is 0 Å². The van der Waals surface area contributed by atoms with Crippen molar-refractivity contribution in [3.8, 4) is 0 Å². The Hall–Kier alpha value is -0.580. The second-order valence-corrected chi connectivity index (χ2v) is 3.73. The number of hydrogen-bond donors (Lipinski definition) is 1. The van der Waals surface area contributed by atoms with Gasteiger partial charge < -0.3 is 0 Å². The van der Waals surface area contributed by atoms with Gasteiger partial charge in [0.15, 0.2) is 0 Å². The van der Waals surface area contributed by atoms with Crippen LogP contribution in [0.1, 0.15) is 19.7 Å². The summed E-state index contributed by atoms with van der Waals surface area (Å²) < 4.78 is 1.66. The van der Waals surface area contributed by atoms with Crippen LogP contribution < -0.4 is 0 Å². The predicted octanol–water partition coefficient (Wildman–Crippen LogP) is 0.604. The molecule has 0 N–H and O–H groups in total. The fourth-order valence-corrected chi connectivity index (χ4v) is 0.922. The van der Waals surface area contributed by atoms with Crippen molar-refractivity contribution in [2.75, 3.05) is 0 Å². The summed E-state index contributed by atoms with van der Waals surface area (Å²) >= 11 is 4.30. The molecule has 0 fully saturated rings. The fraction of sp³-hybridized carbons (Fsp3) is 0.800. The molecule has 1 heterocycles. The van der Waals surface area contributed by atoms with Crippen LogP contribution in [0.2, 0.25) is 0 Å². The van der Waals surface area contributed by atoms with E-state index in [1.165, 1.54) is 0 Å². The van der Waals surface area contributed by atoms with Gasteiger partial charge in [0, 0.05) is 0 Å². The van der Waals surface area contributed by atoms with Crippen LogP contribution in [0.4, 0.5) is 0 Å². The topological polar surface area (TPSA) is 43.6 Å². The maximum absolute atomic E-state index is 4.30. The van der Waals surface area contributed by atoms with Gasteiger partial charge in [-0.15, -0.1) is 17.7 Å². The molecule has 0 aliphatic rings. The molecular formula is C5H10N4S. The normalized spacial score (nSPS) is 12.0. The van der Waals surface area contributed by atoms with Crippen molar-refractivity contribution < 1.29 is 0 Å². The van der Waals surface area contributed by atoms with E-state index in [9.17, 15) is 0 Å². The number of rotatable bonds is 1. The molecule has 1 aromatic rings. The molecule has 10 heavy (non-hydrogen) atoms. The Kier molecular flexibility index (Phi) is 1.68. The van der Waals surface area contributed by atoms with E-state index >= 15 is 0 Å². The highest BCUT2D eigenvalue weighted by Gasteiger charge is 2.17. The smallest absolute Gasteiger partial charge is 0.149 e. The molecular weight excluding hydrogens is 148 g/mol. The van der Waals surface area contributed by atoms with Gasteiger partial charge in [-0.25, -0.2) is 4.68 Å². The maximum Gasteiger partial charge on any atom is 0.149 e. The second kappa shape index (κ2) is 2.23. The Bertz CT molecular complexity index is 224. The molecule has 0 amide bonds. The molecule has 1 aromatic heterocycles. The molecule has 0 atom stereocenters. The molecule has 0 saturated carbocycles. The molecule has 0 unspecified atom stereocenters. The second-order valence-electron chi connectivity index (χ2n) is 2.63. The standard InChI is InChI=1S/C5H10N4S/c1-4-6-7-8-9(4)5(2,3)10/h10H,1-3H3. The van der Waals surface area contributed by atoms with Crippen molar-refractivity contribution in [1.82, 2.24) is 20.2 Å². The van der Waals surface area contributed by atoms with Gasteiger partial charge in [0.2, 0.25) is 0 Å². The molecule has 0 bridgehead atoms. The lowest BCUT2D eigenvalue weighted by atomic mass is 10.4. The van der Waals surface area contributed by atoms with Crippen LogP contribution in [0.25, 0.3) is 0 Å². The molecule has 0 radical (unpaired) electrons. The first-order chi connectivity index (χ1) is 4.52. The average molecular weight is 158 g/mol. The molecule has 0 spiro atoms. The lowest BCUT2D eigenvalue weighted by Crippen LogP contribution is -2.21. The minimum Gasteiger partial charge on any atom is -0.215 e. The van der Waals surface area contributed by atoms with Gasteiger partial charge in [0.25, 0.3) is 0 Å². The highest BCUT2D eigenvalue weighted by molar-refractivity contribution is 7.81. The first-order valence-electron chi connectivity index (χ1n) is 2.99. The molecule has 0 aromatic carbocycles. The van der Waals surface area contributed by atoms with Crippen LogP contribution in [0.3, 0.4) is 0 Å². The molecule has 56 valence electrons. The maximum atomic E-state index is 4.30. The molecule has 5 heteroatoms. The lowest BCUT2D eigenvalue weighted by molar-refractivity contribution is 0.457. The largest absolute Gasteiger partial charge is 0.215 e. The summed E-state index contributed by atoms with van der Waals surface area (Å²) in [6.07, 6.45) is 0. The van der Waals surface area contributed by atoms with Gasteiger partial charge >= 0.3 is 0 Å². The number of thiol groups is 1. The third-order valence-corrected chi connectivity index (χ3v) is 1.33. The van der Waals surface area contributed by atoms with Gasteiger partial charge in [0.1, 0.15) is 10.7 Å². The van der Waals surface area contributed by atoms with Crippen molar-refractivity contribution in [2.45, 2.75) is 25.6 Å². The van der Waals surface area contributed by atoms with E-state index in [0.29, 0.717) is 0 Å². The summed E-state index contributed by atoms with van der Waals surface area (Å²) in [6.45, 7) is 5.71. The van der Waals surface area contributed by atoms with Crippen LogP contribution in [0.15, 0.2) is 0 Å². The average Bonchev–Trinajstić information content (AvgIpc) is 2.11. The summed E-state index contributed by atoms with van der Waals surface area (Å²) in [5.41, 5.74) is 0. The van der Waals surface area contributed by atoms with Gasteiger partial charge in [-0.1, -0.05) is 0 Å². The zero-order valence-electron chi connectivity index (χ0n) is 6.24. The minimum atomic E-state index is -0.312. The Morgan fingerprint density at radius 2 is 2.10 bits per heavy atom. The van der Waals surface area contributed by atoms with E-state index in [1.54, 1.807) is 4.68 Å². The summed E-state index contributed by atoms with van der Waals surface area (Å²) in [4.78, 5) is -0.312. The monoisotopic (exact) mass is 158 g/mol. The van der Waals surface area contributed by atoms with E-state index in [-0.39, 0.29) is 4.87 Å². The Morgan fingerprint density at radius 3 is 2.30 bits per heavy atom. The van der Waals surface area contributed by atoms with Crippen LogP contribution in [0.5, 0.6) is 0 Å². The third kappa shape index (κ3) is 1.29. The first kappa shape index (κ1) is 7.53. The summed E-state index contributed by atoms with van der Waals surface area (Å²) in [6, 6.07) is 0. The molecule has 0 aliphatic carbocycles. The number of aryl methyl sites for hydroxylation is 1. The van der Waals surface area contributed by atoms with Gasteiger partial charge in [-0.3, -0.25) is 0 Å². The van der Waals surface area contributed by atoms with Crippen LogP contribution in [-0.4, -0.2) is 20.2 Å². The van der Waals surface area contributed by atoms with Crippen molar-refractivity contribution in [3.63, 3.8) is 0 Å². The summed E-state index contributed by atoms with van der Waals surface area (Å²) in [5, 5.41) is 11.0. The van der Waals surface area contributed by atoms with E-state index in [4.69, 9.17) is 0 Å². The van der Waals surface area contributed by atoms with Crippen molar-refractivity contribution in [1.29, 1.82) is 0 Å². The number of nitrogens with zero attached hydrogens (tertiary/aromatic N) is 4. The zero-order valence-corrected chi connectivity index (χ0v) is 7.13. The highest BCUT2D eigenvalue weighted by atomic mass is 32.1. The zero-order chi connectivity index (χ0) is 7.78. The molecule has 1 rings (SSSR count). The van der Waals surface area contributed by atoms with Gasteiger partial charge in [-0.2, -0.15) is 0 Å². The first-order valence-corrected chi connectivity index (χ1v) is 3.44. The quantitative estimate of drug-likeness (QED) is 0.609. The van der Waals surface area contributed by atoms with E-state index in [1.807, 2.05) is 20.8 Å². The molecule has 0 saturated heterocycles. The van der Waals surface area contributed by atoms with E-state index in [2.05, 4.69) is 28.2 Å². The van der Waals surface area contributed by atoms with Crippen molar-refractivity contribution in [2.24, 2.45) is 0 Å². The van der Waals surface area contributed by atoms with Crippen LogP contribution in [-0.2, 0) is 4.87 Å². The van der Waals surface area contributed by atoms with Gasteiger partial charge in [0.05, 0.1) is 0 Å². The fourth-order valence-electron chi connectivity index (χ4n) is 0.737. The Labute approximate surface area is 65.0 Å². The highest BCUT2D eigenvalue weighted by Crippen LogP contribution is 2.17. The molecule has 4 nitrogen and oxygen atoms in total. The van der Waals surface area contributed by atoms with Gasteiger partial charge in [-0.05, 0) is 31.2 Å². The Balaban J connectivity index is 3.05. The number of hydrogen-bond acceptors (Lipinski definition) is 4. The van der Waals surface area contributed by atoms with Crippen molar-refractivity contribution >= 4 is 12.6 Å². The van der Waals surface area contributed by atoms with E-state index in [0.717, 1.165) is 5.82 Å². The SMILES string of the molecule is Cc1nnnn1C(C)(C)S. The summed E-state index contributed by atoms with van der Waals surface area (Å²) in [5.74, 6) is 0.778. The lowest BCUT2D eigenvalue weighted by Gasteiger charge is -2.17.